The van der Waals surface area contributed by atoms with Gasteiger partial charge < -0.3 is 20.1 Å². The van der Waals surface area contributed by atoms with Crippen molar-refractivity contribution in [3.8, 4) is 5.75 Å². The van der Waals surface area contributed by atoms with Gasteiger partial charge in [0.15, 0.2) is 5.75 Å². The lowest BCUT2D eigenvalue weighted by atomic mass is 9.98. The number of rotatable bonds is 7. The number of benzene rings is 2. The molecule has 0 aliphatic heterocycles. The van der Waals surface area contributed by atoms with Crippen molar-refractivity contribution in [2.45, 2.75) is 12.8 Å². The third kappa shape index (κ3) is 5.43. The summed E-state index contributed by atoms with van der Waals surface area (Å²) in [5, 5.41) is 13.6. The summed E-state index contributed by atoms with van der Waals surface area (Å²) in [6.45, 7) is 0.0917. The lowest BCUT2D eigenvalue weighted by Crippen LogP contribution is -2.30. The predicted octanol–water partition coefficient (Wildman–Crippen LogP) is 2.67. The van der Waals surface area contributed by atoms with Crippen molar-refractivity contribution in [2.24, 2.45) is 0 Å². The predicted molar refractivity (Wildman–Crippen MR) is 120 cm³/mol. The molecular weight excluding hydrogens is 429 g/mol. The Kier molecular flexibility index (Phi) is 7.22. The first-order valence-corrected chi connectivity index (χ1v) is 10.2. The van der Waals surface area contributed by atoms with Gasteiger partial charge in [-0.3, -0.25) is 14.6 Å². The largest absolute Gasteiger partial charge is 0.505 e. The first-order valence-electron chi connectivity index (χ1n) is 10.2. The third-order valence-electron chi connectivity index (χ3n) is 5.10. The van der Waals surface area contributed by atoms with Crippen molar-refractivity contribution in [3.63, 3.8) is 0 Å². The molecule has 33 heavy (non-hydrogen) atoms. The average Bonchev–Trinajstić information content (AvgIpc) is 2.80. The van der Waals surface area contributed by atoms with Crippen molar-refractivity contribution < 1.29 is 28.6 Å². The lowest BCUT2D eigenvalue weighted by molar-refractivity contribution is -0.128. The minimum absolute atomic E-state index is 0.0651. The lowest BCUT2D eigenvalue weighted by Gasteiger charge is -2.14. The van der Waals surface area contributed by atoms with Crippen LogP contribution in [-0.4, -0.2) is 60.5 Å². The van der Waals surface area contributed by atoms with Crippen LogP contribution in [0.3, 0.4) is 0 Å². The zero-order chi connectivity index (χ0) is 24.1. The summed E-state index contributed by atoms with van der Waals surface area (Å²) in [6, 6.07) is 8.93. The van der Waals surface area contributed by atoms with E-state index in [0.717, 1.165) is 18.2 Å². The summed E-state index contributed by atoms with van der Waals surface area (Å²) in [6.07, 6.45) is 2.04. The standard InChI is InChI=1S/C24H24FN3O5/c1-28(2)20(29)8-9-26-23(31)18-12-19(24(32)33-3)22(30)21-17(18)11-15(13-27-21)10-14-4-6-16(25)7-5-14/h4-7,11-13,30H,8-10H2,1-3H3,(H,26,31). The van der Waals surface area contributed by atoms with Crippen molar-refractivity contribution >= 4 is 28.7 Å². The fraction of sp³-hybridized carbons (Fsp3) is 0.250. The molecule has 0 radical (unpaired) electrons. The smallest absolute Gasteiger partial charge is 0.341 e. The van der Waals surface area contributed by atoms with Gasteiger partial charge >= 0.3 is 5.97 Å². The van der Waals surface area contributed by atoms with Crippen LogP contribution in [0.1, 0.15) is 38.3 Å². The van der Waals surface area contributed by atoms with E-state index in [2.05, 4.69) is 10.3 Å². The molecule has 3 aromatic rings. The molecule has 0 aliphatic carbocycles. The van der Waals surface area contributed by atoms with Crippen LogP contribution in [0.15, 0.2) is 42.6 Å². The van der Waals surface area contributed by atoms with Crippen LogP contribution in [0.2, 0.25) is 0 Å². The molecule has 0 unspecified atom stereocenters. The van der Waals surface area contributed by atoms with Gasteiger partial charge in [0.25, 0.3) is 5.91 Å². The van der Waals surface area contributed by atoms with Crippen molar-refractivity contribution in [1.29, 1.82) is 0 Å². The van der Waals surface area contributed by atoms with Crippen LogP contribution < -0.4 is 5.32 Å². The number of ether oxygens (including phenoxy) is 1. The number of esters is 1. The summed E-state index contributed by atoms with van der Waals surface area (Å²) < 4.78 is 17.9. The van der Waals surface area contributed by atoms with E-state index in [1.54, 1.807) is 32.3 Å². The number of carbonyl (C=O) groups excluding carboxylic acids is 3. The van der Waals surface area contributed by atoms with Crippen LogP contribution in [0.25, 0.3) is 10.9 Å². The number of nitrogens with one attached hydrogen (secondary N) is 1. The molecule has 3 rings (SSSR count). The van der Waals surface area contributed by atoms with Crippen LogP contribution in [0, 0.1) is 5.82 Å². The van der Waals surface area contributed by atoms with Gasteiger partial charge in [-0.05, 0) is 41.8 Å². The summed E-state index contributed by atoms with van der Waals surface area (Å²) in [5.74, 6) is -2.24. The van der Waals surface area contributed by atoms with Crippen LogP contribution in [-0.2, 0) is 16.0 Å². The molecule has 0 saturated carbocycles. The summed E-state index contributed by atoms with van der Waals surface area (Å²) in [7, 11) is 4.40. The number of nitrogens with zero attached hydrogens (tertiary/aromatic N) is 2. The normalized spacial score (nSPS) is 10.7. The number of hydrogen-bond acceptors (Lipinski definition) is 6. The van der Waals surface area contributed by atoms with Gasteiger partial charge in [-0.1, -0.05) is 12.1 Å². The Hall–Kier alpha value is -4.01. The molecule has 172 valence electrons. The third-order valence-corrected chi connectivity index (χ3v) is 5.10. The zero-order valence-corrected chi connectivity index (χ0v) is 18.5. The van der Waals surface area contributed by atoms with Crippen molar-refractivity contribution in [3.05, 3.63) is 70.7 Å². The fourth-order valence-electron chi connectivity index (χ4n) is 3.31. The number of phenols is 1. The van der Waals surface area contributed by atoms with Gasteiger partial charge in [-0.25, -0.2) is 9.18 Å². The van der Waals surface area contributed by atoms with Gasteiger partial charge in [0, 0.05) is 44.2 Å². The first-order chi connectivity index (χ1) is 15.7. The molecule has 0 aliphatic rings. The number of amides is 2. The zero-order valence-electron chi connectivity index (χ0n) is 18.5. The number of halogens is 1. The van der Waals surface area contributed by atoms with E-state index >= 15 is 0 Å². The molecule has 0 spiro atoms. The Morgan fingerprint density at radius 3 is 2.42 bits per heavy atom. The maximum Gasteiger partial charge on any atom is 0.341 e. The van der Waals surface area contributed by atoms with E-state index in [9.17, 15) is 23.9 Å². The molecule has 1 heterocycles. The van der Waals surface area contributed by atoms with E-state index in [-0.39, 0.29) is 41.3 Å². The molecule has 0 saturated heterocycles. The maximum absolute atomic E-state index is 13.2. The number of aromatic hydroxyl groups is 1. The second-order valence-electron chi connectivity index (χ2n) is 7.65. The average molecular weight is 453 g/mol. The molecule has 1 aromatic heterocycles. The van der Waals surface area contributed by atoms with E-state index in [4.69, 9.17) is 4.74 Å². The number of pyridine rings is 1. The van der Waals surface area contributed by atoms with Crippen LogP contribution in [0.4, 0.5) is 4.39 Å². The van der Waals surface area contributed by atoms with Crippen molar-refractivity contribution in [1.82, 2.24) is 15.2 Å². The van der Waals surface area contributed by atoms with Gasteiger partial charge in [-0.15, -0.1) is 0 Å². The second kappa shape index (κ2) is 10.1. The minimum atomic E-state index is -0.816. The van der Waals surface area contributed by atoms with Gasteiger partial charge in [0.1, 0.15) is 16.9 Å². The number of fused-ring (bicyclic) bond motifs is 1. The number of carbonyl (C=O) groups is 3. The summed E-state index contributed by atoms with van der Waals surface area (Å²) in [5.41, 5.74) is 1.53. The monoisotopic (exact) mass is 453 g/mol. The summed E-state index contributed by atoms with van der Waals surface area (Å²) >= 11 is 0. The summed E-state index contributed by atoms with van der Waals surface area (Å²) in [4.78, 5) is 42.6. The van der Waals surface area contributed by atoms with E-state index in [0.29, 0.717) is 11.8 Å². The molecule has 0 fully saturated rings. The highest BCUT2D eigenvalue weighted by Crippen LogP contribution is 2.32. The maximum atomic E-state index is 13.2. The Morgan fingerprint density at radius 1 is 1.09 bits per heavy atom. The topological polar surface area (TPSA) is 109 Å². The van der Waals surface area contributed by atoms with E-state index < -0.39 is 17.6 Å². The van der Waals surface area contributed by atoms with Gasteiger partial charge in [-0.2, -0.15) is 0 Å². The molecule has 2 N–H and O–H groups in total. The fourth-order valence-corrected chi connectivity index (χ4v) is 3.31. The molecule has 2 aromatic carbocycles. The molecule has 2 amide bonds. The van der Waals surface area contributed by atoms with E-state index in [1.807, 2.05) is 0 Å². The number of methoxy groups -OCH3 is 1. The van der Waals surface area contributed by atoms with Gasteiger partial charge in [0.2, 0.25) is 5.91 Å². The second-order valence-corrected chi connectivity index (χ2v) is 7.65. The highest BCUT2D eigenvalue weighted by molar-refractivity contribution is 6.11. The first kappa shape index (κ1) is 23.6. The van der Waals surface area contributed by atoms with Crippen LogP contribution >= 0.6 is 0 Å². The molecule has 0 bridgehead atoms. The quantitative estimate of drug-likeness (QED) is 0.533. The van der Waals surface area contributed by atoms with E-state index in [1.165, 1.54) is 29.3 Å². The molecule has 8 nitrogen and oxygen atoms in total. The Balaban J connectivity index is 2.00. The number of hydrogen-bond donors (Lipinski definition) is 2. The minimum Gasteiger partial charge on any atom is -0.505 e. The van der Waals surface area contributed by atoms with Gasteiger partial charge in [0.05, 0.1) is 7.11 Å². The molecular formula is C24H24FN3O5. The Labute approximate surface area is 190 Å². The molecule has 0 atom stereocenters. The number of phenolic OH excluding ortho intramolecular Hbond substituents is 1. The highest BCUT2D eigenvalue weighted by atomic mass is 19.1. The van der Waals surface area contributed by atoms with Crippen LogP contribution in [0.5, 0.6) is 5.75 Å². The Bertz CT molecular complexity index is 1210. The highest BCUT2D eigenvalue weighted by Gasteiger charge is 2.22. The van der Waals surface area contributed by atoms with Crippen molar-refractivity contribution in [2.75, 3.05) is 27.7 Å². The molecule has 9 heteroatoms. The number of aromatic nitrogens is 1. The Morgan fingerprint density at radius 2 is 1.79 bits per heavy atom. The SMILES string of the molecule is COC(=O)c1cc(C(=O)NCCC(=O)N(C)C)c2cc(Cc3ccc(F)cc3)cnc2c1O.